The third-order valence-corrected chi connectivity index (χ3v) is 2.51. The Balaban J connectivity index is 0. The third-order valence-electron chi connectivity index (χ3n) is 2.51. The Labute approximate surface area is 88.3 Å². The number of rotatable bonds is 10. The van der Waals surface area contributed by atoms with Crippen molar-refractivity contribution < 1.29 is 9.81 Å². The fourth-order valence-corrected chi connectivity index (χ4v) is 1.60. The van der Waals surface area contributed by atoms with E-state index in [0.717, 1.165) is 6.42 Å². The maximum Gasteiger partial charge on any atom is 0.0431 e. The lowest BCUT2D eigenvalue weighted by atomic mass is 10.1. The van der Waals surface area contributed by atoms with E-state index >= 15 is 0 Å². The summed E-state index contributed by atoms with van der Waals surface area (Å²) in [5.74, 6) is 0. The summed E-state index contributed by atoms with van der Waals surface area (Å²) in [6.07, 6.45) is 13.3. The van der Waals surface area contributed by atoms with Crippen molar-refractivity contribution in [3.63, 3.8) is 0 Å². The molecule has 88 valence electrons. The first kappa shape index (κ1) is 16.3. The molecule has 0 saturated heterocycles. The largest absolute Gasteiger partial charge is 0.396 e. The first-order chi connectivity index (χ1) is 6.41. The highest BCUT2D eigenvalue weighted by Gasteiger charge is 1.91. The van der Waals surface area contributed by atoms with Gasteiger partial charge in [0.05, 0.1) is 0 Å². The SMILES string of the molecule is CCCCCCCCCCCCO.F. The molecule has 0 aromatic heterocycles. The topological polar surface area (TPSA) is 20.2 Å². The van der Waals surface area contributed by atoms with Crippen molar-refractivity contribution in [1.29, 1.82) is 0 Å². The Hall–Kier alpha value is -0.110. The van der Waals surface area contributed by atoms with Crippen molar-refractivity contribution in [3.8, 4) is 0 Å². The summed E-state index contributed by atoms with van der Waals surface area (Å²) in [4.78, 5) is 0. The molecular formula is C12H27FO. The van der Waals surface area contributed by atoms with Gasteiger partial charge in [0.15, 0.2) is 0 Å². The van der Waals surface area contributed by atoms with Gasteiger partial charge in [-0.25, -0.2) is 0 Å². The van der Waals surface area contributed by atoms with E-state index in [1.807, 2.05) is 0 Å². The zero-order valence-corrected chi connectivity index (χ0v) is 9.63. The van der Waals surface area contributed by atoms with Crippen LogP contribution in [0.2, 0.25) is 0 Å². The van der Waals surface area contributed by atoms with E-state index in [9.17, 15) is 0 Å². The maximum absolute atomic E-state index is 8.57. The molecule has 0 spiro atoms. The van der Waals surface area contributed by atoms with Gasteiger partial charge in [0.2, 0.25) is 0 Å². The predicted molar refractivity (Wildman–Crippen MR) is 61.4 cm³/mol. The van der Waals surface area contributed by atoms with Crippen molar-refractivity contribution in [2.24, 2.45) is 0 Å². The number of aliphatic hydroxyl groups excluding tert-OH is 1. The van der Waals surface area contributed by atoms with E-state index in [1.54, 1.807) is 0 Å². The van der Waals surface area contributed by atoms with Gasteiger partial charge >= 0.3 is 0 Å². The minimum Gasteiger partial charge on any atom is -0.396 e. The Morgan fingerprint density at radius 3 is 1.36 bits per heavy atom. The molecule has 0 aromatic carbocycles. The van der Waals surface area contributed by atoms with Crippen LogP contribution in [0.5, 0.6) is 0 Å². The van der Waals surface area contributed by atoms with Gasteiger partial charge in [0.25, 0.3) is 0 Å². The van der Waals surface area contributed by atoms with Gasteiger partial charge in [0.1, 0.15) is 0 Å². The molecule has 14 heavy (non-hydrogen) atoms. The number of halogens is 1. The van der Waals surface area contributed by atoms with Crippen LogP contribution in [0, 0.1) is 0 Å². The Bertz CT molecular complexity index is 76.4. The summed E-state index contributed by atoms with van der Waals surface area (Å²) in [5.41, 5.74) is 0. The second-order valence-electron chi connectivity index (χ2n) is 3.91. The average Bonchev–Trinajstić information content (AvgIpc) is 2.16. The van der Waals surface area contributed by atoms with Crippen LogP contribution in [0.25, 0.3) is 0 Å². The van der Waals surface area contributed by atoms with E-state index in [1.165, 1.54) is 57.8 Å². The predicted octanol–water partition coefficient (Wildman–Crippen LogP) is 4.05. The second kappa shape index (κ2) is 15.4. The molecule has 1 N–H and O–H groups in total. The first-order valence-electron chi connectivity index (χ1n) is 6.02. The summed E-state index contributed by atoms with van der Waals surface area (Å²) in [6, 6.07) is 0. The highest BCUT2D eigenvalue weighted by atomic mass is 19.0. The molecule has 0 radical (unpaired) electrons. The van der Waals surface area contributed by atoms with Gasteiger partial charge in [-0.15, -0.1) is 0 Å². The Morgan fingerprint density at radius 2 is 1.00 bits per heavy atom. The first-order valence-corrected chi connectivity index (χ1v) is 6.02. The highest BCUT2D eigenvalue weighted by Crippen LogP contribution is 2.09. The van der Waals surface area contributed by atoms with E-state index in [4.69, 9.17) is 5.11 Å². The molecule has 0 aliphatic rings. The normalized spacial score (nSPS) is 9.86. The van der Waals surface area contributed by atoms with Crippen molar-refractivity contribution in [2.45, 2.75) is 71.1 Å². The van der Waals surface area contributed by atoms with Crippen LogP contribution >= 0.6 is 0 Å². The molecule has 0 fully saturated rings. The lowest BCUT2D eigenvalue weighted by Crippen LogP contribution is -1.84. The van der Waals surface area contributed by atoms with Gasteiger partial charge in [-0.2, -0.15) is 0 Å². The summed E-state index contributed by atoms with van der Waals surface area (Å²) < 4.78 is 0. The molecule has 0 aliphatic carbocycles. The van der Waals surface area contributed by atoms with E-state index < -0.39 is 0 Å². The van der Waals surface area contributed by atoms with Crippen LogP contribution in [0.4, 0.5) is 4.70 Å². The quantitative estimate of drug-likeness (QED) is 0.535. The minimum absolute atomic E-state index is 0. The molecular weight excluding hydrogens is 179 g/mol. The monoisotopic (exact) mass is 206 g/mol. The fraction of sp³-hybridized carbons (Fsp3) is 1.00. The molecule has 0 saturated carbocycles. The number of unbranched alkanes of at least 4 members (excludes halogenated alkanes) is 9. The van der Waals surface area contributed by atoms with Gasteiger partial charge < -0.3 is 5.11 Å². The summed E-state index contributed by atoms with van der Waals surface area (Å²) in [6.45, 7) is 2.63. The lowest BCUT2D eigenvalue weighted by Gasteiger charge is -2.00. The molecule has 0 aromatic rings. The van der Waals surface area contributed by atoms with Crippen LogP contribution in [-0.4, -0.2) is 11.7 Å². The fourth-order valence-electron chi connectivity index (χ4n) is 1.60. The van der Waals surface area contributed by atoms with Crippen LogP contribution in [0.3, 0.4) is 0 Å². The smallest absolute Gasteiger partial charge is 0.0431 e. The van der Waals surface area contributed by atoms with Crippen LogP contribution in [-0.2, 0) is 0 Å². The molecule has 0 unspecified atom stereocenters. The third kappa shape index (κ3) is 14.4. The Morgan fingerprint density at radius 1 is 0.643 bits per heavy atom. The molecule has 0 amide bonds. The zero-order chi connectivity index (χ0) is 9.78. The molecule has 0 bridgehead atoms. The van der Waals surface area contributed by atoms with Crippen molar-refractivity contribution in [2.75, 3.05) is 6.61 Å². The van der Waals surface area contributed by atoms with Crippen molar-refractivity contribution in [3.05, 3.63) is 0 Å². The average molecular weight is 206 g/mol. The van der Waals surface area contributed by atoms with Gasteiger partial charge in [-0.05, 0) is 6.42 Å². The van der Waals surface area contributed by atoms with Gasteiger partial charge in [0, 0.05) is 6.61 Å². The van der Waals surface area contributed by atoms with Crippen LogP contribution in [0.1, 0.15) is 71.1 Å². The summed E-state index contributed by atoms with van der Waals surface area (Å²) in [5, 5.41) is 8.57. The molecule has 2 heteroatoms. The second-order valence-corrected chi connectivity index (χ2v) is 3.91. The zero-order valence-electron chi connectivity index (χ0n) is 9.63. The van der Waals surface area contributed by atoms with E-state index in [-0.39, 0.29) is 4.70 Å². The van der Waals surface area contributed by atoms with E-state index in [2.05, 4.69) is 6.92 Å². The van der Waals surface area contributed by atoms with Gasteiger partial charge in [-0.1, -0.05) is 64.7 Å². The molecule has 0 aliphatic heterocycles. The number of hydrogen-bond donors (Lipinski definition) is 1. The molecule has 1 nitrogen and oxygen atoms in total. The Kier molecular flexibility index (Phi) is 17.9. The van der Waals surface area contributed by atoms with Crippen molar-refractivity contribution >= 4 is 0 Å². The molecule has 0 rings (SSSR count). The minimum atomic E-state index is 0. The van der Waals surface area contributed by atoms with E-state index in [0.29, 0.717) is 6.61 Å². The summed E-state index contributed by atoms with van der Waals surface area (Å²) >= 11 is 0. The number of aliphatic hydroxyl groups is 1. The molecule has 0 atom stereocenters. The van der Waals surface area contributed by atoms with Crippen LogP contribution < -0.4 is 0 Å². The highest BCUT2D eigenvalue weighted by molar-refractivity contribution is 4.46. The van der Waals surface area contributed by atoms with Gasteiger partial charge in [-0.3, -0.25) is 4.70 Å². The maximum atomic E-state index is 8.57. The van der Waals surface area contributed by atoms with Crippen molar-refractivity contribution in [1.82, 2.24) is 0 Å². The molecule has 0 heterocycles. The standard InChI is InChI=1S/C12H26O.FH/c1-2-3-4-5-6-7-8-9-10-11-12-13;/h13H,2-12H2,1H3;1H. The summed E-state index contributed by atoms with van der Waals surface area (Å²) in [7, 11) is 0. The van der Waals surface area contributed by atoms with Crippen LogP contribution in [0.15, 0.2) is 0 Å². The number of hydrogen-bond acceptors (Lipinski definition) is 1. The lowest BCUT2D eigenvalue weighted by molar-refractivity contribution is 0.282.